The van der Waals surface area contributed by atoms with Crippen LogP contribution in [0.1, 0.15) is 11.1 Å². The summed E-state index contributed by atoms with van der Waals surface area (Å²) in [7, 11) is 0. The van der Waals surface area contributed by atoms with Crippen molar-refractivity contribution in [2.24, 2.45) is 0 Å². The molecule has 0 aliphatic rings. The number of ether oxygens (including phenoxy) is 1. The lowest BCUT2D eigenvalue weighted by atomic mass is 10.2. The summed E-state index contributed by atoms with van der Waals surface area (Å²) in [4.78, 5) is 9.91. The van der Waals surface area contributed by atoms with Crippen molar-refractivity contribution in [3.8, 4) is 0 Å². The summed E-state index contributed by atoms with van der Waals surface area (Å²) < 4.78 is 4.27. The zero-order chi connectivity index (χ0) is 8.97. The average molecular weight is 165 g/mol. The third kappa shape index (κ3) is 2.62. The predicted octanol–water partition coefficient (Wildman–Crippen LogP) is 2.06. The van der Waals surface area contributed by atoms with Crippen molar-refractivity contribution in [3.63, 3.8) is 0 Å². The Morgan fingerprint density at radius 2 is 1.92 bits per heavy atom. The Hall–Kier alpha value is -1.51. The zero-order valence-corrected chi connectivity index (χ0v) is 6.74. The molecule has 0 amide bonds. The van der Waals surface area contributed by atoms with Crippen LogP contribution < -0.4 is 0 Å². The van der Waals surface area contributed by atoms with Gasteiger partial charge in [0.2, 0.25) is 0 Å². The lowest BCUT2D eigenvalue weighted by Gasteiger charge is -1.99. The van der Waals surface area contributed by atoms with E-state index < -0.39 is 6.16 Å². The molecule has 1 radical (unpaired) electrons. The van der Waals surface area contributed by atoms with Gasteiger partial charge in [0.15, 0.2) is 0 Å². The molecule has 1 aromatic rings. The van der Waals surface area contributed by atoms with Gasteiger partial charge in [0, 0.05) is 0 Å². The van der Waals surface area contributed by atoms with Crippen LogP contribution in [-0.2, 0) is 16.5 Å². The monoisotopic (exact) mass is 165 g/mol. The smallest absolute Gasteiger partial charge is 0.427 e. The molecule has 12 heavy (non-hydrogen) atoms. The molecule has 0 bridgehead atoms. The van der Waals surface area contributed by atoms with E-state index in [2.05, 4.69) is 4.74 Å². The topological polar surface area (TPSA) is 46.2 Å². The van der Waals surface area contributed by atoms with Crippen LogP contribution in [0, 0.1) is 6.92 Å². The molecule has 63 valence electrons. The zero-order valence-electron chi connectivity index (χ0n) is 6.74. The molecule has 0 aliphatic heterocycles. The lowest BCUT2D eigenvalue weighted by Crippen LogP contribution is -1.98. The molecule has 0 aliphatic carbocycles. The minimum absolute atomic E-state index is 0.0581. The Kier molecular flexibility index (Phi) is 2.69. The van der Waals surface area contributed by atoms with Crippen LogP contribution in [0.2, 0.25) is 0 Å². The van der Waals surface area contributed by atoms with E-state index in [0.29, 0.717) is 0 Å². The number of carbonyl (C=O) groups is 1. The molecule has 0 aromatic heterocycles. The van der Waals surface area contributed by atoms with E-state index in [1.54, 1.807) is 0 Å². The maximum atomic E-state index is 9.91. The van der Waals surface area contributed by atoms with Crippen molar-refractivity contribution < 1.29 is 14.6 Å². The maximum Gasteiger partial charge on any atom is 0.550 e. The van der Waals surface area contributed by atoms with Crippen molar-refractivity contribution in [2.75, 3.05) is 0 Å². The Morgan fingerprint density at radius 3 is 2.42 bits per heavy atom. The molecule has 0 atom stereocenters. The molecule has 0 spiro atoms. The van der Waals surface area contributed by atoms with Crippen LogP contribution in [0.3, 0.4) is 0 Å². The number of benzene rings is 1. The standard InChI is InChI=1S/C9H9O3/c1-7-2-4-8(5-3-7)6-12-9(10)11/h2-5H,6H2,1H3. The van der Waals surface area contributed by atoms with Gasteiger partial charge in [-0.2, -0.15) is 9.90 Å². The summed E-state index contributed by atoms with van der Waals surface area (Å²) in [6.07, 6.45) is -1.49. The van der Waals surface area contributed by atoms with Gasteiger partial charge in [-0.1, -0.05) is 29.8 Å². The molecule has 0 saturated heterocycles. The molecule has 3 heteroatoms. The first-order valence-electron chi connectivity index (χ1n) is 3.58. The third-order valence-electron chi connectivity index (χ3n) is 1.48. The van der Waals surface area contributed by atoms with Gasteiger partial charge in [-0.15, -0.1) is 0 Å². The molecular formula is C9H9O3. The number of hydrogen-bond acceptors (Lipinski definition) is 2. The Labute approximate surface area is 70.6 Å². The molecular weight excluding hydrogens is 156 g/mol. The largest absolute Gasteiger partial charge is 0.550 e. The van der Waals surface area contributed by atoms with Crippen LogP contribution in [0.15, 0.2) is 24.3 Å². The highest BCUT2D eigenvalue weighted by Crippen LogP contribution is 2.04. The summed E-state index contributed by atoms with van der Waals surface area (Å²) in [5.41, 5.74) is 1.96. The highest BCUT2D eigenvalue weighted by molar-refractivity contribution is 5.56. The molecule has 0 N–H and O–H groups in total. The first-order chi connectivity index (χ1) is 5.68. The number of rotatable bonds is 2. The van der Waals surface area contributed by atoms with Gasteiger partial charge in [0.05, 0.1) is 0 Å². The van der Waals surface area contributed by atoms with E-state index in [-0.39, 0.29) is 6.61 Å². The second-order valence-corrected chi connectivity index (χ2v) is 2.52. The maximum absolute atomic E-state index is 9.91. The molecule has 0 fully saturated rings. The summed E-state index contributed by atoms with van der Waals surface area (Å²) >= 11 is 0. The quantitative estimate of drug-likeness (QED) is 0.629. The fourth-order valence-corrected chi connectivity index (χ4v) is 0.827. The van der Waals surface area contributed by atoms with Gasteiger partial charge in [-0.3, -0.25) is 0 Å². The van der Waals surface area contributed by atoms with E-state index in [9.17, 15) is 9.90 Å². The van der Waals surface area contributed by atoms with Crippen molar-refractivity contribution in [1.82, 2.24) is 0 Å². The average Bonchev–Trinajstić information content (AvgIpc) is 2.03. The number of aryl methyl sites for hydroxylation is 1. The molecule has 0 heterocycles. The second-order valence-electron chi connectivity index (χ2n) is 2.52. The first kappa shape index (κ1) is 8.59. The Balaban J connectivity index is 2.53. The molecule has 3 nitrogen and oxygen atoms in total. The summed E-state index contributed by atoms with van der Waals surface area (Å²) in [5, 5.41) is 9.91. The van der Waals surface area contributed by atoms with Crippen molar-refractivity contribution in [2.45, 2.75) is 13.5 Å². The van der Waals surface area contributed by atoms with Crippen LogP contribution in [0.5, 0.6) is 0 Å². The van der Waals surface area contributed by atoms with Gasteiger partial charge in [0.25, 0.3) is 0 Å². The molecule has 0 saturated carbocycles. The van der Waals surface area contributed by atoms with Crippen LogP contribution >= 0.6 is 0 Å². The van der Waals surface area contributed by atoms with E-state index in [4.69, 9.17) is 0 Å². The van der Waals surface area contributed by atoms with Gasteiger partial charge in [0.1, 0.15) is 6.61 Å². The molecule has 1 rings (SSSR count). The normalized spacial score (nSPS) is 9.42. The second kappa shape index (κ2) is 3.76. The summed E-state index contributed by atoms with van der Waals surface area (Å²) in [6, 6.07) is 7.43. The minimum atomic E-state index is -1.49. The van der Waals surface area contributed by atoms with Crippen molar-refractivity contribution in [1.29, 1.82) is 0 Å². The van der Waals surface area contributed by atoms with Gasteiger partial charge in [-0.05, 0) is 12.5 Å². The summed E-state index contributed by atoms with van der Waals surface area (Å²) in [5.74, 6) is 0. The van der Waals surface area contributed by atoms with Gasteiger partial charge < -0.3 is 4.74 Å². The van der Waals surface area contributed by atoms with E-state index >= 15 is 0 Å². The third-order valence-corrected chi connectivity index (χ3v) is 1.48. The summed E-state index contributed by atoms with van der Waals surface area (Å²) in [6.45, 7) is 2.02. The number of carbonyl (C=O) groups excluding carboxylic acids is 1. The first-order valence-corrected chi connectivity index (χ1v) is 3.58. The lowest BCUT2D eigenvalue weighted by molar-refractivity contribution is 0.0619. The fraction of sp³-hybridized carbons (Fsp3) is 0.222. The van der Waals surface area contributed by atoms with Crippen molar-refractivity contribution >= 4 is 6.16 Å². The highest BCUT2D eigenvalue weighted by Gasteiger charge is 1.99. The van der Waals surface area contributed by atoms with Crippen LogP contribution in [0.4, 0.5) is 4.79 Å². The Bertz CT molecular complexity index is 264. The van der Waals surface area contributed by atoms with Crippen molar-refractivity contribution in [3.05, 3.63) is 35.4 Å². The van der Waals surface area contributed by atoms with E-state index in [0.717, 1.165) is 11.1 Å². The van der Waals surface area contributed by atoms with Crippen LogP contribution in [0.25, 0.3) is 0 Å². The minimum Gasteiger partial charge on any atom is -0.427 e. The molecule has 1 aromatic carbocycles. The predicted molar refractivity (Wildman–Crippen MR) is 42.1 cm³/mol. The van der Waals surface area contributed by atoms with Gasteiger partial charge in [-0.25, -0.2) is 0 Å². The van der Waals surface area contributed by atoms with E-state index in [1.165, 1.54) is 0 Å². The number of hydrogen-bond donors (Lipinski definition) is 0. The van der Waals surface area contributed by atoms with E-state index in [1.807, 2.05) is 31.2 Å². The van der Waals surface area contributed by atoms with Crippen LogP contribution in [-0.4, -0.2) is 6.16 Å². The fourth-order valence-electron chi connectivity index (χ4n) is 0.827. The SMILES string of the molecule is Cc1ccc(COC([O])=O)cc1. The Morgan fingerprint density at radius 1 is 1.33 bits per heavy atom. The van der Waals surface area contributed by atoms with Gasteiger partial charge >= 0.3 is 6.16 Å². The molecule has 0 unspecified atom stereocenters. The highest BCUT2D eigenvalue weighted by atomic mass is 16.7.